The van der Waals surface area contributed by atoms with Crippen molar-refractivity contribution in [3.05, 3.63) is 35.9 Å². The highest BCUT2D eigenvalue weighted by Crippen LogP contribution is 2.40. The van der Waals surface area contributed by atoms with Crippen LogP contribution in [0.25, 0.3) is 0 Å². The summed E-state index contributed by atoms with van der Waals surface area (Å²) in [6, 6.07) is 9.30. The molecule has 0 aromatic heterocycles. The molecule has 2 aliphatic heterocycles. The summed E-state index contributed by atoms with van der Waals surface area (Å²) in [4.78, 5) is 43.4. The van der Waals surface area contributed by atoms with Crippen LogP contribution in [0.5, 0.6) is 0 Å². The number of hydrogen-bond donors (Lipinski definition) is 0. The average Bonchev–Trinajstić information content (AvgIpc) is 2.76. The van der Waals surface area contributed by atoms with E-state index in [4.69, 9.17) is 9.47 Å². The minimum Gasteiger partial charge on any atom is -0.465 e. The molecule has 1 aromatic carbocycles. The Labute approximate surface area is 178 Å². The van der Waals surface area contributed by atoms with Gasteiger partial charge < -0.3 is 14.4 Å². The van der Waals surface area contributed by atoms with Crippen molar-refractivity contribution in [2.24, 2.45) is 5.41 Å². The van der Waals surface area contributed by atoms with E-state index in [1.54, 1.807) is 18.7 Å². The lowest BCUT2D eigenvalue weighted by atomic mass is 9.72. The second-order valence-corrected chi connectivity index (χ2v) is 7.96. The molecule has 0 N–H and O–H groups in total. The van der Waals surface area contributed by atoms with Crippen molar-refractivity contribution >= 4 is 17.8 Å². The maximum Gasteiger partial charge on any atom is 0.325 e. The second-order valence-electron chi connectivity index (χ2n) is 7.96. The first kappa shape index (κ1) is 22.3. The Kier molecular flexibility index (Phi) is 7.48. The quantitative estimate of drug-likeness (QED) is 0.502. The molecule has 7 nitrogen and oxygen atoms in total. The van der Waals surface area contributed by atoms with Gasteiger partial charge in [-0.3, -0.25) is 19.3 Å². The first-order valence-electron chi connectivity index (χ1n) is 10.9. The fourth-order valence-corrected chi connectivity index (χ4v) is 4.57. The van der Waals surface area contributed by atoms with Crippen molar-refractivity contribution < 1.29 is 23.9 Å². The Morgan fingerprint density at radius 1 is 1.00 bits per heavy atom. The molecule has 1 atom stereocenters. The standard InChI is InChI=1S/C23H32N2O5/c1-3-29-21(27)23(22(28)30-4-2)15-20(26)25(16-18-11-7-5-8-12-18)17-19(23)24-13-9-6-10-14-24/h5,7-8,11-12,19H,3-4,6,9-10,13-17H2,1-2H3. The van der Waals surface area contributed by atoms with Crippen LogP contribution in [-0.2, 0) is 30.4 Å². The van der Waals surface area contributed by atoms with Gasteiger partial charge in [-0.25, -0.2) is 0 Å². The molecule has 30 heavy (non-hydrogen) atoms. The summed E-state index contributed by atoms with van der Waals surface area (Å²) in [5.41, 5.74) is -0.601. The average molecular weight is 417 g/mol. The van der Waals surface area contributed by atoms with Gasteiger partial charge in [0.25, 0.3) is 0 Å². The molecule has 2 aliphatic rings. The minimum atomic E-state index is -1.62. The van der Waals surface area contributed by atoms with Crippen molar-refractivity contribution in [1.82, 2.24) is 9.80 Å². The molecule has 7 heteroatoms. The van der Waals surface area contributed by atoms with Crippen molar-refractivity contribution in [2.75, 3.05) is 32.8 Å². The number of hydrogen-bond acceptors (Lipinski definition) is 6. The Morgan fingerprint density at radius 2 is 1.60 bits per heavy atom. The van der Waals surface area contributed by atoms with Gasteiger partial charge in [-0.15, -0.1) is 0 Å². The molecule has 0 bridgehead atoms. The predicted molar refractivity (Wildman–Crippen MR) is 111 cm³/mol. The second kappa shape index (κ2) is 10.1. The minimum absolute atomic E-state index is 0.147. The summed E-state index contributed by atoms with van der Waals surface area (Å²) in [6.45, 7) is 6.04. The first-order valence-corrected chi connectivity index (χ1v) is 10.9. The SMILES string of the molecule is CCOC(=O)C1(C(=O)OCC)CC(=O)N(Cc2ccccc2)CC1N1CCCCC1. The fraction of sp³-hybridized carbons (Fsp3) is 0.609. The molecule has 1 aromatic rings. The van der Waals surface area contributed by atoms with E-state index in [2.05, 4.69) is 4.90 Å². The van der Waals surface area contributed by atoms with E-state index >= 15 is 0 Å². The molecule has 1 unspecified atom stereocenters. The van der Waals surface area contributed by atoms with E-state index in [-0.39, 0.29) is 25.5 Å². The smallest absolute Gasteiger partial charge is 0.325 e. The van der Waals surface area contributed by atoms with Gasteiger partial charge in [-0.05, 0) is 45.3 Å². The Bertz CT molecular complexity index is 727. The number of ether oxygens (including phenoxy) is 2. The van der Waals surface area contributed by atoms with Gasteiger partial charge in [-0.1, -0.05) is 36.8 Å². The molecule has 2 heterocycles. The number of piperidine rings is 2. The molecule has 0 radical (unpaired) electrons. The number of benzene rings is 1. The predicted octanol–water partition coefficient (Wildman–Crippen LogP) is 2.39. The van der Waals surface area contributed by atoms with E-state index in [1.807, 2.05) is 30.3 Å². The van der Waals surface area contributed by atoms with Crippen LogP contribution in [0.4, 0.5) is 0 Å². The normalized spacial score (nSPS) is 21.9. The third-order valence-electron chi connectivity index (χ3n) is 6.07. The monoisotopic (exact) mass is 416 g/mol. The van der Waals surface area contributed by atoms with Crippen LogP contribution in [0.15, 0.2) is 30.3 Å². The van der Waals surface area contributed by atoms with Crippen molar-refractivity contribution in [1.29, 1.82) is 0 Å². The molecule has 1 amide bonds. The molecule has 0 saturated carbocycles. The summed E-state index contributed by atoms with van der Waals surface area (Å²) in [5.74, 6) is -1.52. The highest BCUT2D eigenvalue weighted by Gasteiger charge is 2.61. The highest BCUT2D eigenvalue weighted by atomic mass is 16.6. The van der Waals surface area contributed by atoms with Gasteiger partial charge in [0.2, 0.25) is 5.91 Å². The zero-order valence-electron chi connectivity index (χ0n) is 18.0. The third kappa shape index (κ3) is 4.51. The lowest BCUT2D eigenvalue weighted by Gasteiger charge is -2.49. The molecular weight excluding hydrogens is 384 g/mol. The fourth-order valence-electron chi connectivity index (χ4n) is 4.57. The van der Waals surface area contributed by atoms with Crippen LogP contribution < -0.4 is 0 Å². The van der Waals surface area contributed by atoms with Crippen LogP contribution in [0.2, 0.25) is 0 Å². The van der Waals surface area contributed by atoms with Gasteiger partial charge in [0.1, 0.15) is 0 Å². The number of esters is 2. The van der Waals surface area contributed by atoms with Crippen molar-refractivity contribution in [3.63, 3.8) is 0 Å². The summed E-state index contributed by atoms with van der Waals surface area (Å²) in [5, 5.41) is 0. The van der Waals surface area contributed by atoms with Gasteiger partial charge >= 0.3 is 11.9 Å². The Hall–Kier alpha value is -2.41. The van der Waals surface area contributed by atoms with Crippen LogP contribution in [0, 0.1) is 5.41 Å². The van der Waals surface area contributed by atoms with E-state index < -0.39 is 23.4 Å². The van der Waals surface area contributed by atoms with Gasteiger partial charge in [0.05, 0.1) is 25.7 Å². The van der Waals surface area contributed by atoms with Gasteiger partial charge in [-0.2, -0.15) is 0 Å². The highest BCUT2D eigenvalue weighted by molar-refractivity contribution is 6.05. The van der Waals surface area contributed by atoms with Gasteiger partial charge in [0, 0.05) is 13.1 Å². The summed E-state index contributed by atoms with van der Waals surface area (Å²) >= 11 is 0. The van der Waals surface area contributed by atoms with E-state index in [0.29, 0.717) is 13.1 Å². The number of carbonyl (C=O) groups excluding carboxylic acids is 3. The number of amides is 1. The summed E-state index contributed by atoms with van der Waals surface area (Å²) < 4.78 is 10.7. The maximum atomic E-state index is 13.2. The van der Waals surface area contributed by atoms with Crippen LogP contribution in [0.3, 0.4) is 0 Å². The van der Waals surface area contributed by atoms with Gasteiger partial charge in [0.15, 0.2) is 5.41 Å². The maximum absolute atomic E-state index is 13.2. The third-order valence-corrected chi connectivity index (χ3v) is 6.07. The largest absolute Gasteiger partial charge is 0.465 e. The van der Waals surface area contributed by atoms with E-state index in [0.717, 1.165) is 37.9 Å². The lowest BCUT2D eigenvalue weighted by Crippen LogP contribution is -2.66. The van der Waals surface area contributed by atoms with Crippen molar-refractivity contribution in [2.45, 2.75) is 52.1 Å². The van der Waals surface area contributed by atoms with E-state index in [1.165, 1.54) is 0 Å². The number of rotatable bonds is 7. The van der Waals surface area contributed by atoms with Crippen LogP contribution >= 0.6 is 0 Å². The Morgan fingerprint density at radius 3 is 2.17 bits per heavy atom. The number of likely N-dealkylation sites (tertiary alicyclic amines) is 2. The van der Waals surface area contributed by atoms with Crippen LogP contribution in [-0.4, -0.2) is 66.5 Å². The molecule has 2 saturated heterocycles. The molecule has 0 aliphatic carbocycles. The molecule has 0 spiro atoms. The molecule has 164 valence electrons. The summed E-state index contributed by atoms with van der Waals surface area (Å²) in [7, 11) is 0. The summed E-state index contributed by atoms with van der Waals surface area (Å²) in [6.07, 6.45) is 2.91. The zero-order valence-corrected chi connectivity index (χ0v) is 18.0. The topological polar surface area (TPSA) is 76.2 Å². The molecule has 2 fully saturated rings. The van der Waals surface area contributed by atoms with E-state index in [9.17, 15) is 14.4 Å². The first-order chi connectivity index (χ1) is 14.5. The number of nitrogens with zero attached hydrogens (tertiary/aromatic N) is 2. The van der Waals surface area contributed by atoms with Crippen molar-refractivity contribution in [3.8, 4) is 0 Å². The molecular formula is C23H32N2O5. The van der Waals surface area contributed by atoms with Crippen LogP contribution in [0.1, 0.15) is 45.1 Å². The lowest BCUT2D eigenvalue weighted by molar-refractivity contribution is -0.187. The number of carbonyl (C=O) groups is 3. The Balaban J connectivity index is 1.97. The molecule has 3 rings (SSSR count). The zero-order chi connectivity index (χ0) is 21.6.